The third kappa shape index (κ3) is 2.75. The molecule has 2 bridgehead atoms. The summed E-state index contributed by atoms with van der Waals surface area (Å²) in [4.78, 5) is 2.90. The summed E-state index contributed by atoms with van der Waals surface area (Å²) in [6.07, 6.45) is 11.4. The standard InChI is InChI=1S/C16H30N2/c1-3-9-17-13-10-14-5-4-6-15(11-13)18(14)12-16(2)7-8-16/h13-15,17H,3-12H2,1-2H3. The van der Waals surface area contributed by atoms with Crippen LogP contribution in [0.4, 0.5) is 0 Å². The minimum Gasteiger partial charge on any atom is -0.314 e. The Hall–Kier alpha value is -0.0800. The molecule has 0 radical (unpaired) electrons. The normalized spacial score (nSPS) is 38.7. The number of hydrogen-bond donors (Lipinski definition) is 1. The van der Waals surface area contributed by atoms with Gasteiger partial charge in [0.15, 0.2) is 0 Å². The predicted molar refractivity (Wildman–Crippen MR) is 76.8 cm³/mol. The summed E-state index contributed by atoms with van der Waals surface area (Å²) in [6.45, 7) is 7.37. The Morgan fingerprint density at radius 3 is 2.39 bits per heavy atom. The molecule has 2 aliphatic heterocycles. The van der Waals surface area contributed by atoms with E-state index in [0.717, 1.165) is 18.1 Å². The fourth-order valence-corrected chi connectivity index (χ4v) is 4.06. The van der Waals surface area contributed by atoms with Crippen molar-refractivity contribution < 1.29 is 0 Å². The van der Waals surface area contributed by atoms with Gasteiger partial charge in [-0.3, -0.25) is 4.90 Å². The second kappa shape index (κ2) is 5.13. The van der Waals surface area contributed by atoms with E-state index in [1.165, 1.54) is 64.5 Å². The first-order chi connectivity index (χ1) is 8.70. The molecule has 104 valence electrons. The average Bonchev–Trinajstić information content (AvgIpc) is 3.05. The Balaban J connectivity index is 1.60. The summed E-state index contributed by atoms with van der Waals surface area (Å²) in [7, 11) is 0. The summed E-state index contributed by atoms with van der Waals surface area (Å²) in [5.41, 5.74) is 0.692. The molecule has 1 aliphatic carbocycles. The van der Waals surface area contributed by atoms with Gasteiger partial charge in [-0.25, -0.2) is 0 Å². The van der Waals surface area contributed by atoms with E-state index in [0.29, 0.717) is 5.41 Å². The highest BCUT2D eigenvalue weighted by molar-refractivity contribution is 5.00. The molecule has 3 rings (SSSR count). The molecule has 2 saturated heterocycles. The lowest BCUT2D eigenvalue weighted by atomic mass is 9.81. The van der Waals surface area contributed by atoms with Gasteiger partial charge in [0.25, 0.3) is 0 Å². The fraction of sp³-hybridized carbons (Fsp3) is 1.00. The molecule has 2 heteroatoms. The lowest BCUT2D eigenvalue weighted by molar-refractivity contribution is 0.0107. The minimum absolute atomic E-state index is 0.692. The van der Waals surface area contributed by atoms with Gasteiger partial charge < -0.3 is 5.32 Å². The van der Waals surface area contributed by atoms with E-state index in [-0.39, 0.29) is 0 Å². The van der Waals surface area contributed by atoms with Crippen LogP contribution in [0.1, 0.15) is 65.2 Å². The van der Waals surface area contributed by atoms with Crippen molar-refractivity contribution in [2.45, 2.75) is 83.3 Å². The molecule has 2 nitrogen and oxygen atoms in total. The van der Waals surface area contributed by atoms with Crippen LogP contribution in [0.15, 0.2) is 0 Å². The van der Waals surface area contributed by atoms with Gasteiger partial charge in [-0.15, -0.1) is 0 Å². The van der Waals surface area contributed by atoms with Crippen molar-refractivity contribution in [3.8, 4) is 0 Å². The summed E-state index contributed by atoms with van der Waals surface area (Å²) in [5.74, 6) is 0. The van der Waals surface area contributed by atoms with Crippen molar-refractivity contribution in [3.05, 3.63) is 0 Å². The molecule has 3 fully saturated rings. The van der Waals surface area contributed by atoms with Crippen molar-refractivity contribution >= 4 is 0 Å². The molecule has 0 aromatic rings. The van der Waals surface area contributed by atoms with Crippen LogP contribution in [0, 0.1) is 5.41 Å². The average molecular weight is 250 g/mol. The molecular weight excluding hydrogens is 220 g/mol. The maximum Gasteiger partial charge on any atom is 0.0113 e. The Labute approximate surface area is 113 Å². The van der Waals surface area contributed by atoms with Crippen molar-refractivity contribution in [2.75, 3.05) is 13.1 Å². The first kappa shape index (κ1) is 12.9. The molecule has 0 aromatic heterocycles. The molecular formula is C16H30N2. The lowest BCUT2D eigenvalue weighted by Crippen LogP contribution is -2.57. The Morgan fingerprint density at radius 2 is 1.83 bits per heavy atom. The van der Waals surface area contributed by atoms with Gasteiger partial charge in [0, 0.05) is 24.7 Å². The molecule has 2 atom stereocenters. The number of nitrogens with zero attached hydrogens (tertiary/aromatic N) is 1. The van der Waals surface area contributed by atoms with Crippen LogP contribution in [0.5, 0.6) is 0 Å². The number of piperidine rings is 2. The summed E-state index contributed by atoms with van der Waals surface area (Å²) in [5, 5.41) is 3.77. The van der Waals surface area contributed by atoms with Crippen LogP contribution in [0.3, 0.4) is 0 Å². The van der Waals surface area contributed by atoms with Crippen LogP contribution < -0.4 is 5.32 Å². The van der Waals surface area contributed by atoms with Gasteiger partial charge in [-0.1, -0.05) is 20.3 Å². The first-order valence-corrected chi connectivity index (χ1v) is 8.19. The topological polar surface area (TPSA) is 15.3 Å². The summed E-state index contributed by atoms with van der Waals surface area (Å²) >= 11 is 0. The summed E-state index contributed by atoms with van der Waals surface area (Å²) < 4.78 is 0. The zero-order valence-corrected chi connectivity index (χ0v) is 12.3. The number of rotatable bonds is 5. The molecule has 0 aromatic carbocycles. The highest BCUT2D eigenvalue weighted by Gasteiger charge is 2.45. The SMILES string of the molecule is CCCNC1CC2CCCC(C1)N2CC1(C)CC1. The van der Waals surface area contributed by atoms with E-state index >= 15 is 0 Å². The maximum atomic E-state index is 3.77. The zero-order valence-electron chi connectivity index (χ0n) is 12.3. The predicted octanol–water partition coefficient (Wildman–Crippen LogP) is 3.17. The largest absolute Gasteiger partial charge is 0.314 e. The second-order valence-corrected chi connectivity index (χ2v) is 7.34. The van der Waals surface area contributed by atoms with Gasteiger partial charge in [0.05, 0.1) is 0 Å². The highest BCUT2D eigenvalue weighted by atomic mass is 15.2. The van der Waals surface area contributed by atoms with Gasteiger partial charge in [0.2, 0.25) is 0 Å². The van der Waals surface area contributed by atoms with Gasteiger partial charge in [-0.05, 0) is 56.9 Å². The molecule has 2 unspecified atom stereocenters. The molecule has 3 aliphatic rings. The third-order valence-electron chi connectivity index (χ3n) is 5.48. The van der Waals surface area contributed by atoms with E-state index in [1.807, 2.05) is 0 Å². The van der Waals surface area contributed by atoms with Crippen molar-refractivity contribution in [2.24, 2.45) is 5.41 Å². The van der Waals surface area contributed by atoms with Gasteiger partial charge in [-0.2, -0.15) is 0 Å². The Bertz CT molecular complexity index is 271. The fourth-order valence-electron chi connectivity index (χ4n) is 4.06. The van der Waals surface area contributed by atoms with Crippen LogP contribution in [-0.4, -0.2) is 36.1 Å². The Kier molecular flexibility index (Phi) is 3.68. The number of hydrogen-bond acceptors (Lipinski definition) is 2. The van der Waals surface area contributed by atoms with E-state index in [1.54, 1.807) is 0 Å². The Morgan fingerprint density at radius 1 is 1.17 bits per heavy atom. The van der Waals surface area contributed by atoms with E-state index < -0.39 is 0 Å². The van der Waals surface area contributed by atoms with Crippen molar-refractivity contribution in [3.63, 3.8) is 0 Å². The molecule has 2 heterocycles. The van der Waals surface area contributed by atoms with Crippen LogP contribution in [0.25, 0.3) is 0 Å². The summed E-state index contributed by atoms with van der Waals surface area (Å²) in [6, 6.07) is 2.59. The monoisotopic (exact) mass is 250 g/mol. The second-order valence-electron chi connectivity index (χ2n) is 7.34. The van der Waals surface area contributed by atoms with Crippen LogP contribution in [0.2, 0.25) is 0 Å². The lowest BCUT2D eigenvalue weighted by Gasteiger charge is -2.50. The molecule has 1 N–H and O–H groups in total. The first-order valence-electron chi connectivity index (χ1n) is 8.19. The molecule has 0 amide bonds. The molecule has 0 spiro atoms. The van der Waals surface area contributed by atoms with E-state index in [2.05, 4.69) is 24.1 Å². The van der Waals surface area contributed by atoms with Crippen molar-refractivity contribution in [1.82, 2.24) is 10.2 Å². The van der Waals surface area contributed by atoms with Crippen LogP contribution in [-0.2, 0) is 0 Å². The molecule has 18 heavy (non-hydrogen) atoms. The smallest absolute Gasteiger partial charge is 0.0113 e. The molecule has 1 saturated carbocycles. The zero-order chi connectivity index (χ0) is 12.6. The van der Waals surface area contributed by atoms with E-state index in [9.17, 15) is 0 Å². The van der Waals surface area contributed by atoms with E-state index in [4.69, 9.17) is 0 Å². The van der Waals surface area contributed by atoms with Gasteiger partial charge in [0.1, 0.15) is 0 Å². The van der Waals surface area contributed by atoms with Crippen LogP contribution >= 0.6 is 0 Å². The number of nitrogens with one attached hydrogen (secondary N) is 1. The highest BCUT2D eigenvalue weighted by Crippen LogP contribution is 2.48. The number of fused-ring (bicyclic) bond motifs is 2. The van der Waals surface area contributed by atoms with Crippen molar-refractivity contribution in [1.29, 1.82) is 0 Å². The minimum atomic E-state index is 0.692. The van der Waals surface area contributed by atoms with Gasteiger partial charge >= 0.3 is 0 Å². The quantitative estimate of drug-likeness (QED) is 0.806. The maximum absolute atomic E-state index is 3.77. The third-order valence-corrected chi connectivity index (χ3v) is 5.48.